The van der Waals surface area contributed by atoms with Crippen molar-refractivity contribution in [1.29, 1.82) is 0 Å². The molecule has 3 heteroatoms. The van der Waals surface area contributed by atoms with E-state index in [2.05, 4.69) is 0 Å². The molecule has 0 spiro atoms. The van der Waals surface area contributed by atoms with Crippen LogP contribution < -0.4 is 5.84 Å². The number of hydrazine groups is 1. The maximum atomic E-state index is 9.39. The molecule has 12 heavy (non-hydrogen) atoms. The molecular weight excluding hydrogens is 152 g/mol. The molecule has 0 unspecified atom stereocenters. The Morgan fingerprint density at radius 3 is 3.00 bits per heavy atom. The summed E-state index contributed by atoms with van der Waals surface area (Å²) in [6.45, 7) is 2.21. The Labute approximate surface area is 73.5 Å². The van der Waals surface area contributed by atoms with Gasteiger partial charge < -0.3 is 5.11 Å². The van der Waals surface area contributed by atoms with Crippen LogP contribution in [-0.2, 0) is 0 Å². The molecule has 0 radical (unpaired) electrons. The molecule has 1 saturated carbocycles. The summed E-state index contributed by atoms with van der Waals surface area (Å²) >= 11 is 0. The predicted octanol–water partition coefficient (Wildman–Crippen LogP) is 0.345. The zero-order chi connectivity index (χ0) is 8.60. The summed E-state index contributed by atoms with van der Waals surface area (Å²) in [7, 11) is 0. The van der Waals surface area contributed by atoms with Crippen molar-refractivity contribution in [2.24, 2.45) is 17.2 Å². The largest absolute Gasteiger partial charge is 0.396 e. The number of aliphatic hydroxyl groups is 1. The highest BCUT2D eigenvalue weighted by Gasteiger charge is 2.46. The van der Waals surface area contributed by atoms with E-state index in [-0.39, 0.29) is 5.41 Å². The van der Waals surface area contributed by atoms with E-state index in [1.807, 2.05) is 5.01 Å². The molecule has 1 saturated heterocycles. The number of hydrogen-bond donors (Lipinski definition) is 2. The van der Waals surface area contributed by atoms with E-state index >= 15 is 0 Å². The van der Waals surface area contributed by atoms with Gasteiger partial charge in [-0.25, -0.2) is 5.01 Å². The van der Waals surface area contributed by atoms with E-state index in [1.165, 1.54) is 25.7 Å². The van der Waals surface area contributed by atoms with Gasteiger partial charge in [0.15, 0.2) is 0 Å². The minimum Gasteiger partial charge on any atom is -0.396 e. The van der Waals surface area contributed by atoms with E-state index in [4.69, 9.17) is 5.84 Å². The standard InChI is InChI=1S/C9H18N2O/c10-11-5-8-3-1-2-4-9(8,6-11)7-12/h8,12H,1-7,10H2/t8-,9-/m1/s1. The molecule has 1 aliphatic heterocycles. The summed E-state index contributed by atoms with van der Waals surface area (Å²) in [5.41, 5.74) is 0.160. The van der Waals surface area contributed by atoms with Crippen LogP contribution in [0.1, 0.15) is 25.7 Å². The first kappa shape index (κ1) is 8.48. The summed E-state index contributed by atoms with van der Waals surface area (Å²) in [5, 5.41) is 11.3. The maximum Gasteiger partial charge on any atom is 0.0503 e. The lowest BCUT2D eigenvalue weighted by atomic mass is 9.69. The normalized spacial score (nSPS) is 43.0. The van der Waals surface area contributed by atoms with E-state index in [9.17, 15) is 5.11 Å². The Morgan fingerprint density at radius 1 is 1.50 bits per heavy atom. The number of hydrogen-bond acceptors (Lipinski definition) is 3. The van der Waals surface area contributed by atoms with Crippen LogP contribution in [0.2, 0.25) is 0 Å². The molecule has 70 valence electrons. The molecule has 0 aromatic rings. The van der Waals surface area contributed by atoms with Crippen molar-refractivity contribution >= 4 is 0 Å². The molecule has 3 nitrogen and oxygen atoms in total. The van der Waals surface area contributed by atoms with Gasteiger partial charge in [0.25, 0.3) is 0 Å². The first-order valence-electron chi connectivity index (χ1n) is 4.87. The zero-order valence-corrected chi connectivity index (χ0v) is 7.50. The van der Waals surface area contributed by atoms with Crippen LogP contribution in [0.3, 0.4) is 0 Å². The highest BCUT2D eigenvalue weighted by molar-refractivity contribution is 4.96. The van der Waals surface area contributed by atoms with Gasteiger partial charge in [-0.2, -0.15) is 0 Å². The lowest BCUT2D eigenvalue weighted by Gasteiger charge is -2.36. The molecule has 0 amide bonds. The van der Waals surface area contributed by atoms with Gasteiger partial charge in [0.2, 0.25) is 0 Å². The highest BCUT2D eigenvalue weighted by atomic mass is 16.3. The van der Waals surface area contributed by atoms with Gasteiger partial charge in [-0.1, -0.05) is 12.8 Å². The first-order chi connectivity index (χ1) is 5.77. The van der Waals surface area contributed by atoms with Crippen LogP contribution in [0, 0.1) is 11.3 Å². The fourth-order valence-corrected chi connectivity index (χ4v) is 2.88. The first-order valence-corrected chi connectivity index (χ1v) is 4.87. The van der Waals surface area contributed by atoms with Crippen LogP contribution in [0.5, 0.6) is 0 Å². The molecule has 3 N–H and O–H groups in total. The summed E-state index contributed by atoms with van der Waals surface area (Å²) in [5.74, 6) is 6.43. The van der Waals surface area contributed by atoms with Crippen molar-refractivity contribution in [2.75, 3.05) is 19.7 Å². The summed E-state index contributed by atoms with van der Waals surface area (Å²) in [4.78, 5) is 0. The maximum absolute atomic E-state index is 9.39. The molecule has 0 bridgehead atoms. The van der Waals surface area contributed by atoms with Gasteiger partial charge in [-0.15, -0.1) is 0 Å². The number of fused-ring (bicyclic) bond motifs is 1. The van der Waals surface area contributed by atoms with Gasteiger partial charge in [-0.05, 0) is 18.8 Å². The number of rotatable bonds is 1. The third-order valence-corrected chi connectivity index (χ3v) is 3.63. The van der Waals surface area contributed by atoms with E-state index < -0.39 is 0 Å². The SMILES string of the molecule is NN1C[C@H]2CCCC[C@]2(CO)C1. The van der Waals surface area contributed by atoms with Crippen molar-refractivity contribution in [3.63, 3.8) is 0 Å². The van der Waals surface area contributed by atoms with Crippen molar-refractivity contribution < 1.29 is 5.11 Å². The third kappa shape index (κ3) is 1.16. The molecule has 2 rings (SSSR count). The topological polar surface area (TPSA) is 49.5 Å². The van der Waals surface area contributed by atoms with Crippen LogP contribution >= 0.6 is 0 Å². The lowest BCUT2D eigenvalue weighted by molar-refractivity contribution is 0.0583. The molecule has 1 heterocycles. The van der Waals surface area contributed by atoms with Crippen LogP contribution in [0.25, 0.3) is 0 Å². The van der Waals surface area contributed by atoms with Crippen molar-refractivity contribution in [1.82, 2.24) is 5.01 Å². The predicted molar refractivity (Wildman–Crippen MR) is 47.2 cm³/mol. The van der Waals surface area contributed by atoms with Crippen LogP contribution in [0.15, 0.2) is 0 Å². The second-order valence-electron chi connectivity index (χ2n) is 4.39. The minimum absolute atomic E-state index is 0.160. The molecule has 2 atom stereocenters. The fourth-order valence-electron chi connectivity index (χ4n) is 2.88. The summed E-state index contributed by atoms with van der Waals surface area (Å²) in [6.07, 6.45) is 5.02. The number of aliphatic hydroxyl groups excluding tert-OH is 1. The smallest absolute Gasteiger partial charge is 0.0503 e. The Kier molecular flexibility index (Phi) is 2.10. The van der Waals surface area contributed by atoms with Gasteiger partial charge in [0.05, 0.1) is 6.61 Å². The molecule has 1 aliphatic carbocycles. The Balaban J connectivity index is 2.14. The Hall–Kier alpha value is -0.120. The quantitative estimate of drug-likeness (QED) is 0.558. The van der Waals surface area contributed by atoms with Gasteiger partial charge in [-0.3, -0.25) is 5.84 Å². The minimum atomic E-state index is 0.160. The second-order valence-corrected chi connectivity index (χ2v) is 4.39. The average molecular weight is 170 g/mol. The van der Waals surface area contributed by atoms with Crippen molar-refractivity contribution in [3.8, 4) is 0 Å². The molecular formula is C9H18N2O. The van der Waals surface area contributed by atoms with E-state index in [0.717, 1.165) is 13.1 Å². The van der Waals surface area contributed by atoms with Gasteiger partial charge in [0.1, 0.15) is 0 Å². The van der Waals surface area contributed by atoms with E-state index in [0.29, 0.717) is 12.5 Å². The van der Waals surface area contributed by atoms with Crippen molar-refractivity contribution in [2.45, 2.75) is 25.7 Å². The molecule has 0 aromatic heterocycles. The van der Waals surface area contributed by atoms with Gasteiger partial charge >= 0.3 is 0 Å². The molecule has 2 fully saturated rings. The van der Waals surface area contributed by atoms with Crippen molar-refractivity contribution in [3.05, 3.63) is 0 Å². The fraction of sp³-hybridized carbons (Fsp3) is 1.00. The second kappa shape index (κ2) is 2.98. The third-order valence-electron chi connectivity index (χ3n) is 3.63. The Bertz CT molecular complexity index is 174. The lowest BCUT2D eigenvalue weighted by Crippen LogP contribution is -2.37. The average Bonchev–Trinajstić information content (AvgIpc) is 2.41. The zero-order valence-electron chi connectivity index (χ0n) is 7.50. The molecule has 0 aromatic carbocycles. The Morgan fingerprint density at radius 2 is 2.33 bits per heavy atom. The summed E-state index contributed by atoms with van der Waals surface area (Å²) < 4.78 is 0. The summed E-state index contributed by atoms with van der Waals surface area (Å²) in [6, 6.07) is 0. The monoisotopic (exact) mass is 170 g/mol. The van der Waals surface area contributed by atoms with Crippen LogP contribution in [-0.4, -0.2) is 29.8 Å². The molecule has 2 aliphatic rings. The van der Waals surface area contributed by atoms with Gasteiger partial charge in [0, 0.05) is 18.5 Å². The number of nitrogens with zero attached hydrogens (tertiary/aromatic N) is 1. The van der Waals surface area contributed by atoms with Crippen LogP contribution in [0.4, 0.5) is 0 Å². The van der Waals surface area contributed by atoms with E-state index in [1.54, 1.807) is 0 Å². The highest BCUT2D eigenvalue weighted by Crippen LogP contribution is 2.45. The number of nitrogens with two attached hydrogens (primary N) is 1.